The highest BCUT2D eigenvalue weighted by molar-refractivity contribution is 7.09. The number of hydrogen-bond donors (Lipinski definition) is 1. The van der Waals surface area contributed by atoms with Crippen LogP contribution in [0.1, 0.15) is 28.8 Å². The average molecular weight is 321 g/mol. The third kappa shape index (κ3) is 2.89. The Labute approximate surface area is 140 Å². The van der Waals surface area contributed by atoms with Crippen molar-refractivity contribution in [1.82, 2.24) is 0 Å². The van der Waals surface area contributed by atoms with E-state index in [1.807, 2.05) is 0 Å². The van der Waals surface area contributed by atoms with Gasteiger partial charge in [0.1, 0.15) is 0 Å². The summed E-state index contributed by atoms with van der Waals surface area (Å²) in [5.41, 5.74) is 3.77. The van der Waals surface area contributed by atoms with Crippen molar-refractivity contribution in [3.8, 4) is 0 Å². The molecular formula is C20H19NOS. The second-order valence-corrected chi connectivity index (χ2v) is 7.13. The lowest BCUT2D eigenvalue weighted by atomic mass is 10.0. The monoisotopic (exact) mass is 321 g/mol. The second-order valence-electron chi connectivity index (χ2n) is 6.09. The van der Waals surface area contributed by atoms with Crippen LogP contribution < -0.4 is 5.32 Å². The smallest absolute Gasteiger partial charge is 0.224 e. The summed E-state index contributed by atoms with van der Waals surface area (Å²) in [5, 5.41) is 7.73. The minimum absolute atomic E-state index is 0.111. The van der Waals surface area contributed by atoms with E-state index >= 15 is 0 Å². The van der Waals surface area contributed by atoms with Gasteiger partial charge in [-0.25, -0.2) is 0 Å². The van der Waals surface area contributed by atoms with E-state index in [1.165, 1.54) is 26.8 Å². The highest BCUT2D eigenvalue weighted by Gasteiger charge is 2.16. The van der Waals surface area contributed by atoms with Crippen molar-refractivity contribution in [3.05, 3.63) is 63.8 Å². The predicted molar refractivity (Wildman–Crippen MR) is 97.2 cm³/mol. The molecule has 1 N–H and O–H groups in total. The van der Waals surface area contributed by atoms with Gasteiger partial charge in [-0.2, -0.15) is 0 Å². The number of thiophene rings is 1. The number of rotatable bonds is 5. The van der Waals surface area contributed by atoms with E-state index in [1.54, 1.807) is 11.3 Å². The first-order chi connectivity index (χ1) is 11.3. The summed E-state index contributed by atoms with van der Waals surface area (Å²) in [4.78, 5) is 13.6. The molecule has 0 radical (unpaired) electrons. The summed E-state index contributed by atoms with van der Waals surface area (Å²) in [5.74, 6) is 0.111. The standard InChI is InChI=1S/C20H19NOS/c22-19(8-2-5-16-6-3-13-23-16)21-18-12-11-15-10-9-14-4-1-7-17(18)20(14)15/h1,3-4,6-7,11-13H,2,5,8-10H2,(H,21,22). The number of benzene rings is 2. The van der Waals surface area contributed by atoms with Crippen molar-refractivity contribution < 1.29 is 4.79 Å². The lowest BCUT2D eigenvalue weighted by Crippen LogP contribution is -2.11. The zero-order chi connectivity index (χ0) is 15.6. The van der Waals surface area contributed by atoms with Crippen LogP contribution in [0.2, 0.25) is 0 Å². The van der Waals surface area contributed by atoms with E-state index in [4.69, 9.17) is 0 Å². The van der Waals surface area contributed by atoms with Crippen molar-refractivity contribution in [1.29, 1.82) is 0 Å². The second kappa shape index (κ2) is 6.17. The number of carbonyl (C=O) groups excluding carboxylic acids is 1. The fourth-order valence-corrected chi connectivity index (χ4v) is 4.20. The molecule has 0 spiro atoms. The summed E-state index contributed by atoms with van der Waals surface area (Å²) >= 11 is 1.76. The summed E-state index contributed by atoms with van der Waals surface area (Å²) in [6.45, 7) is 0. The van der Waals surface area contributed by atoms with Gasteiger partial charge in [0.2, 0.25) is 5.91 Å². The topological polar surface area (TPSA) is 29.1 Å². The van der Waals surface area contributed by atoms with Gasteiger partial charge in [-0.05, 0) is 59.7 Å². The van der Waals surface area contributed by atoms with E-state index in [-0.39, 0.29) is 5.91 Å². The molecular weight excluding hydrogens is 302 g/mol. The minimum Gasteiger partial charge on any atom is -0.326 e. The van der Waals surface area contributed by atoms with Crippen LogP contribution in [0.5, 0.6) is 0 Å². The van der Waals surface area contributed by atoms with Gasteiger partial charge in [-0.3, -0.25) is 4.79 Å². The highest BCUT2D eigenvalue weighted by atomic mass is 32.1. The molecule has 1 aliphatic carbocycles. The Morgan fingerprint density at radius 2 is 1.91 bits per heavy atom. The normalized spacial score (nSPS) is 12.7. The Morgan fingerprint density at radius 1 is 1.04 bits per heavy atom. The van der Waals surface area contributed by atoms with E-state index in [0.717, 1.165) is 31.4 Å². The Bertz CT molecular complexity index is 841. The zero-order valence-electron chi connectivity index (χ0n) is 13.0. The predicted octanol–water partition coefficient (Wildman–Crippen LogP) is 4.96. The highest BCUT2D eigenvalue weighted by Crippen LogP contribution is 2.35. The van der Waals surface area contributed by atoms with Crippen molar-refractivity contribution in [2.45, 2.75) is 32.1 Å². The number of aryl methyl sites for hydroxylation is 3. The molecule has 2 nitrogen and oxygen atoms in total. The maximum absolute atomic E-state index is 12.3. The Balaban J connectivity index is 1.47. The molecule has 0 fully saturated rings. The van der Waals surface area contributed by atoms with Gasteiger partial charge in [0.15, 0.2) is 0 Å². The third-order valence-corrected chi connectivity index (χ3v) is 5.49. The van der Waals surface area contributed by atoms with Crippen LogP contribution in [0.25, 0.3) is 10.8 Å². The molecule has 0 saturated carbocycles. The molecule has 3 aromatic rings. The molecule has 1 aromatic heterocycles. The molecule has 4 rings (SSSR count). The first kappa shape index (κ1) is 14.5. The fraction of sp³-hybridized carbons (Fsp3) is 0.250. The molecule has 0 saturated heterocycles. The summed E-state index contributed by atoms with van der Waals surface area (Å²) in [7, 11) is 0. The van der Waals surface area contributed by atoms with Gasteiger partial charge in [-0.1, -0.05) is 30.3 Å². The Kier molecular flexibility index (Phi) is 3.88. The van der Waals surface area contributed by atoms with Gasteiger partial charge in [0.25, 0.3) is 0 Å². The van der Waals surface area contributed by atoms with Crippen LogP contribution in [0.15, 0.2) is 47.8 Å². The van der Waals surface area contributed by atoms with Crippen LogP contribution in [0, 0.1) is 0 Å². The number of nitrogens with one attached hydrogen (secondary N) is 1. The summed E-state index contributed by atoms with van der Waals surface area (Å²) in [6.07, 6.45) is 4.68. The molecule has 1 aliphatic rings. The van der Waals surface area contributed by atoms with Crippen molar-refractivity contribution >= 4 is 33.7 Å². The average Bonchev–Trinajstić information content (AvgIpc) is 3.21. The van der Waals surface area contributed by atoms with Crippen molar-refractivity contribution in [3.63, 3.8) is 0 Å². The Morgan fingerprint density at radius 3 is 2.74 bits per heavy atom. The van der Waals surface area contributed by atoms with Gasteiger partial charge in [0, 0.05) is 22.4 Å². The molecule has 0 aliphatic heterocycles. The third-order valence-electron chi connectivity index (χ3n) is 4.56. The van der Waals surface area contributed by atoms with Crippen LogP contribution in [0.4, 0.5) is 5.69 Å². The van der Waals surface area contributed by atoms with E-state index in [9.17, 15) is 4.79 Å². The maximum Gasteiger partial charge on any atom is 0.224 e. The number of anilines is 1. The van der Waals surface area contributed by atoms with Gasteiger partial charge in [-0.15, -0.1) is 11.3 Å². The molecule has 3 heteroatoms. The van der Waals surface area contributed by atoms with E-state index in [0.29, 0.717) is 6.42 Å². The first-order valence-electron chi connectivity index (χ1n) is 8.17. The Hall–Kier alpha value is -2.13. The first-order valence-corrected chi connectivity index (χ1v) is 9.05. The number of amides is 1. The lowest BCUT2D eigenvalue weighted by molar-refractivity contribution is -0.116. The molecule has 116 valence electrons. The number of carbonyl (C=O) groups is 1. The number of hydrogen-bond acceptors (Lipinski definition) is 2. The summed E-state index contributed by atoms with van der Waals surface area (Å²) in [6, 6.07) is 14.8. The largest absolute Gasteiger partial charge is 0.326 e. The zero-order valence-corrected chi connectivity index (χ0v) is 13.8. The molecule has 2 aromatic carbocycles. The molecule has 0 bridgehead atoms. The van der Waals surface area contributed by atoms with Crippen LogP contribution in [-0.4, -0.2) is 5.91 Å². The maximum atomic E-state index is 12.3. The van der Waals surface area contributed by atoms with Crippen LogP contribution in [-0.2, 0) is 24.1 Å². The minimum atomic E-state index is 0.111. The quantitative estimate of drug-likeness (QED) is 0.707. The molecule has 23 heavy (non-hydrogen) atoms. The van der Waals surface area contributed by atoms with E-state index in [2.05, 4.69) is 53.2 Å². The molecule has 1 heterocycles. The lowest BCUT2D eigenvalue weighted by Gasteiger charge is -2.10. The molecule has 0 unspecified atom stereocenters. The van der Waals surface area contributed by atoms with Crippen LogP contribution >= 0.6 is 11.3 Å². The fourth-order valence-electron chi connectivity index (χ4n) is 3.45. The van der Waals surface area contributed by atoms with E-state index < -0.39 is 0 Å². The molecule has 1 amide bonds. The SMILES string of the molecule is O=C(CCCc1cccs1)Nc1ccc2c3c(cccc13)CC2. The van der Waals surface area contributed by atoms with Crippen LogP contribution in [0.3, 0.4) is 0 Å². The summed E-state index contributed by atoms with van der Waals surface area (Å²) < 4.78 is 0. The molecule has 0 atom stereocenters. The van der Waals surface area contributed by atoms with Gasteiger partial charge >= 0.3 is 0 Å². The van der Waals surface area contributed by atoms with Crippen molar-refractivity contribution in [2.75, 3.05) is 5.32 Å². The van der Waals surface area contributed by atoms with Gasteiger partial charge < -0.3 is 5.32 Å². The van der Waals surface area contributed by atoms with Gasteiger partial charge in [0.05, 0.1) is 0 Å². The van der Waals surface area contributed by atoms with Crippen molar-refractivity contribution in [2.24, 2.45) is 0 Å².